The summed E-state index contributed by atoms with van der Waals surface area (Å²) in [4.78, 5) is 30.5. The van der Waals surface area contributed by atoms with Crippen LogP contribution in [0.4, 0.5) is 10.6 Å². The van der Waals surface area contributed by atoms with Gasteiger partial charge in [0.25, 0.3) is 0 Å². The summed E-state index contributed by atoms with van der Waals surface area (Å²) in [6.45, 7) is 6.78. The van der Waals surface area contributed by atoms with Gasteiger partial charge in [0.1, 0.15) is 5.82 Å². The van der Waals surface area contributed by atoms with Crippen LogP contribution in [0, 0.1) is 5.92 Å². The second-order valence-corrected chi connectivity index (χ2v) is 7.93. The van der Waals surface area contributed by atoms with Gasteiger partial charge in [0.05, 0.1) is 6.61 Å². The van der Waals surface area contributed by atoms with Gasteiger partial charge in [-0.25, -0.2) is 9.78 Å². The second-order valence-electron chi connectivity index (χ2n) is 7.93. The largest absolute Gasteiger partial charge is 0.450 e. The third kappa shape index (κ3) is 5.59. The van der Waals surface area contributed by atoms with Crippen molar-refractivity contribution < 1.29 is 14.3 Å². The van der Waals surface area contributed by atoms with Crippen LogP contribution in [0.1, 0.15) is 50.8 Å². The van der Waals surface area contributed by atoms with E-state index < -0.39 is 6.09 Å². The number of aryl methyl sites for hydroxylation is 2. The number of aromatic nitrogens is 1. The van der Waals surface area contributed by atoms with Crippen LogP contribution in [0.15, 0.2) is 12.1 Å². The lowest BCUT2D eigenvalue weighted by molar-refractivity contribution is -0.138. The van der Waals surface area contributed by atoms with E-state index >= 15 is 0 Å². The van der Waals surface area contributed by atoms with E-state index in [0.717, 1.165) is 56.8 Å². The summed E-state index contributed by atoms with van der Waals surface area (Å²) >= 11 is 0. The molecule has 0 aliphatic carbocycles. The van der Waals surface area contributed by atoms with Crippen LogP contribution in [0.2, 0.25) is 0 Å². The van der Waals surface area contributed by atoms with Crippen LogP contribution < -0.4 is 10.6 Å². The number of hydrogen-bond donors (Lipinski definition) is 2. The van der Waals surface area contributed by atoms with E-state index in [-0.39, 0.29) is 11.9 Å². The topological polar surface area (TPSA) is 83.6 Å². The summed E-state index contributed by atoms with van der Waals surface area (Å²) in [6, 6.07) is 4.11. The normalized spacial score (nSPS) is 17.1. The number of alkyl carbamates (subject to hydrolysis) is 1. The molecular weight excluding hydrogens is 356 g/mol. The number of fused-ring (bicyclic) bond motifs is 1. The third-order valence-electron chi connectivity index (χ3n) is 5.35. The Kier molecular flexibility index (Phi) is 7.12. The first-order chi connectivity index (χ1) is 13.5. The predicted octanol–water partition coefficient (Wildman–Crippen LogP) is 2.75. The van der Waals surface area contributed by atoms with Gasteiger partial charge in [-0.2, -0.15) is 0 Å². The van der Waals surface area contributed by atoms with Gasteiger partial charge >= 0.3 is 6.09 Å². The highest BCUT2D eigenvalue weighted by Crippen LogP contribution is 2.24. The summed E-state index contributed by atoms with van der Waals surface area (Å²) in [6.07, 6.45) is 4.93. The lowest BCUT2D eigenvalue weighted by atomic mass is 9.93. The molecule has 2 aliphatic rings. The minimum atomic E-state index is -0.448. The molecule has 1 saturated heterocycles. The molecule has 2 amide bonds. The first-order valence-electron chi connectivity index (χ1n) is 10.5. The average molecular weight is 389 g/mol. The van der Waals surface area contributed by atoms with E-state index in [1.54, 1.807) is 0 Å². The summed E-state index contributed by atoms with van der Waals surface area (Å²) in [5, 5.41) is 6.09. The van der Waals surface area contributed by atoms with Crippen molar-refractivity contribution in [2.75, 3.05) is 31.6 Å². The summed E-state index contributed by atoms with van der Waals surface area (Å²) in [5.74, 6) is 1.68. The van der Waals surface area contributed by atoms with Gasteiger partial charge in [-0.15, -0.1) is 0 Å². The Balaban J connectivity index is 1.34. The Morgan fingerprint density at radius 2 is 2.21 bits per heavy atom. The number of carbonyl (C=O) groups excluding carboxylic acids is 2. The molecule has 2 aliphatic heterocycles. The molecule has 2 N–H and O–H groups in total. The zero-order valence-electron chi connectivity index (χ0n) is 17.0. The zero-order valence-corrected chi connectivity index (χ0v) is 17.0. The van der Waals surface area contributed by atoms with Gasteiger partial charge in [0.15, 0.2) is 0 Å². The number of amides is 2. The van der Waals surface area contributed by atoms with E-state index in [9.17, 15) is 9.59 Å². The lowest BCUT2D eigenvalue weighted by Crippen LogP contribution is -2.51. The van der Waals surface area contributed by atoms with Crippen molar-refractivity contribution in [3.63, 3.8) is 0 Å². The van der Waals surface area contributed by atoms with Crippen LogP contribution >= 0.6 is 0 Å². The minimum Gasteiger partial charge on any atom is -0.450 e. The van der Waals surface area contributed by atoms with Crippen LogP contribution in [0.25, 0.3) is 0 Å². The van der Waals surface area contributed by atoms with Crippen molar-refractivity contribution in [3.05, 3.63) is 23.4 Å². The van der Waals surface area contributed by atoms with Gasteiger partial charge in [-0.05, 0) is 56.6 Å². The number of rotatable bonds is 8. The fraction of sp³-hybridized carbons (Fsp3) is 0.667. The molecule has 1 aromatic heterocycles. The van der Waals surface area contributed by atoms with Crippen molar-refractivity contribution in [1.82, 2.24) is 15.2 Å². The Morgan fingerprint density at radius 1 is 1.39 bits per heavy atom. The fourth-order valence-corrected chi connectivity index (χ4v) is 3.70. The number of carbonyl (C=O) groups is 2. The maximum atomic E-state index is 12.3. The number of anilines is 1. The monoisotopic (exact) mass is 388 g/mol. The quantitative estimate of drug-likeness (QED) is 0.715. The number of likely N-dealkylation sites (tertiary alicyclic amines) is 1. The maximum Gasteiger partial charge on any atom is 0.407 e. The van der Waals surface area contributed by atoms with Crippen molar-refractivity contribution >= 4 is 17.8 Å². The fourth-order valence-electron chi connectivity index (χ4n) is 3.70. The SMILES string of the molecule is CCCOC(=O)N[C@H](C)CC(=O)N1CC(CCc2ccc3c(n2)NCCC3)C1. The van der Waals surface area contributed by atoms with Crippen molar-refractivity contribution in [2.45, 2.75) is 58.4 Å². The highest BCUT2D eigenvalue weighted by atomic mass is 16.5. The molecule has 1 aromatic rings. The van der Waals surface area contributed by atoms with Gasteiger partial charge in [-0.3, -0.25) is 4.79 Å². The minimum absolute atomic E-state index is 0.0932. The maximum absolute atomic E-state index is 12.3. The van der Waals surface area contributed by atoms with Crippen LogP contribution in [0.3, 0.4) is 0 Å². The molecule has 0 bridgehead atoms. The smallest absolute Gasteiger partial charge is 0.407 e. The van der Waals surface area contributed by atoms with Crippen molar-refractivity contribution in [2.24, 2.45) is 5.92 Å². The molecule has 3 rings (SSSR count). The van der Waals surface area contributed by atoms with E-state index in [0.29, 0.717) is 18.9 Å². The summed E-state index contributed by atoms with van der Waals surface area (Å²) < 4.78 is 4.98. The molecule has 154 valence electrons. The lowest BCUT2D eigenvalue weighted by Gasteiger charge is -2.40. The van der Waals surface area contributed by atoms with E-state index in [4.69, 9.17) is 9.72 Å². The third-order valence-corrected chi connectivity index (χ3v) is 5.35. The highest BCUT2D eigenvalue weighted by Gasteiger charge is 2.31. The van der Waals surface area contributed by atoms with Gasteiger partial charge in [-0.1, -0.05) is 13.0 Å². The molecule has 7 nitrogen and oxygen atoms in total. The molecule has 3 heterocycles. The summed E-state index contributed by atoms with van der Waals surface area (Å²) in [5.41, 5.74) is 2.44. The second kappa shape index (κ2) is 9.75. The van der Waals surface area contributed by atoms with Crippen molar-refractivity contribution in [1.29, 1.82) is 0 Å². The number of ether oxygens (including phenoxy) is 1. The molecule has 0 unspecified atom stereocenters. The van der Waals surface area contributed by atoms with Crippen LogP contribution in [-0.2, 0) is 22.4 Å². The molecule has 0 spiro atoms. The average Bonchev–Trinajstić information content (AvgIpc) is 2.64. The Labute approximate surface area is 167 Å². The predicted molar refractivity (Wildman–Crippen MR) is 108 cm³/mol. The number of nitrogens with one attached hydrogen (secondary N) is 2. The van der Waals surface area contributed by atoms with Gasteiger partial charge in [0, 0.05) is 37.8 Å². The van der Waals surface area contributed by atoms with E-state index in [1.165, 1.54) is 12.0 Å². The van der Waals surface area contributed by atoms with E-state index in [1.807, 2.05) is 18.7 Å². The molecule has 0 saturated carbocycles. The Bertz CT molecular complexity index is 688. The van der Waals surface area contributed by atoms with Crippen LogP contribution in [0.5, 0.6) is 0 Å². The van der Waals surface area contributed by atoms with E-state index in [2.05, 4.69) is 22.8 Å². The molecule has 1 fully saturated rings. The Hall–Kier alpha value is -2.31. The molecule has 0 aromatic carbocycles. The Morgan fingerprint density at radius 3 is 3.00 bits per heavy atom. The molecular formula is C21H32N4O3. The first-order valence-corrected chi connectivity index (χ1v) is 10.5. The number of pyridine rings is 1. The first kappa shape index (κ1) is 20.4. The zero-order chi connectivity index (χ0) is 19.9. The molecule has 28 heavy (non-hydrogen) atoms. The van der Waals surface area contributed by atoms with Gasteiger partial charge < -0.3 is 20.3 Å². The van der Waals surface area contributed by atoms with Crippen LogP contribution in [-0.4, -0.2) is 54.2 Å². The number of nitrogens with zero attached hydrogens (tertiary/aromatic N) is 2. The molecule has 1 atom stereocenters. The highest BCUT2D eigenvalue weighted by molar-refractivity contribution is 5.78. The number of hydrogen-bond acceptors (Lipinski definition) is 5. The van der Waals surface area contributed by atoms with Gasteiger partial charge in [0.2, 0.25) is 5.91 Å². The summed E-state index contributed by atoms with van der Waals surface area (Å²) in [7, 11) is 0. The molecule has 7 heteroatoms. The molecule has 0 radical (unpaired) electrons. The standard InChI is InChI=1S/C21H32N4O3/c1-3-11-28-21(27)23-15(2)12-19(26)25-13-16(14-25)6-8-18-9-7-17-5-4-10-22-20(17)24-18/h7,9,15-16H,3-6,8,10-14H2,1-2H3,(H,22,24)(H,23,27)/t15-/m1/s1. The van der Waals surface area contributed by atoms with Crippen molar-refractivity contribution in [3.8, 4) is 0 Å².